The molecule has 0 radical (unpaired) electrons. The molecule has 1 aliphatic heterocycles. The molecule has 1 aromatic carbocycles. The van der Waals surface area contributed by atoms with E-state index in [0.717, 1.165) is 31.5 Å². The number of ether oxygens (including phenoxy) is 1. The van der Waals surface area contributed by atoms with E-state index in [1.807, 2.05) is 12.1 Å². The molecule has 1 aliphatic rings. The predicted molar refractivity (Wildman–Crippen MR) is 105 cm³/mol. The lowest BCUT2D eigenvalue weighted by Crippen LogP contribution is -2.50. The molecule has 1 fully saturated rings. The third-order valence-electron chi connectivity index (χ3n) is 4.64. The quantitative estimate of drug-likeness (QED) is 0.723. The molecule has 7 nitrogen and oxygen atoms in total. The number of hydrogen-bond donors (Lipinski definition) is 2. The first-order valence-electron chi connectivity index (χ1n) is 8.69. The summed E-state index contributed by atoms with van der Waals surface area (Å²) in [5.41, 5.74) is 0.339. The highest BCUT2D eigenvalue weighted by Crippen LogP contribution is 2.29. The molecular formula is C18H24Cl2N4O3. The van der Waals surface area contributed by atoms with Gasteiger partial charge in [0.2, 0.25) is 17.6 Å². The number of aromatic nitrogens is 2. The molecule has 3 rings (SSSR count). The van der Waals surface area contributed by atoms with Crippen LogP contribution in [0.3, 0.4) is 0 Å². The summed E-state index contributed by atoms with van der Waals surface area (Å²) >= 11 is 5.98. The van der Waals surface area contributed by atoms with Crippen LogP contribution in [0.15, 0.2) is 28.8 Å². The topological polar surface area (TPSA) is 89.3 Å². The maximum atomic E-state index is 12.7. The fourth-order valence-corrected chi connectivity index (χ4v) is 3.38. The van der Waals surface area contributed by atoms with E-state index in [4.69, 9.17) is 20.9 Å². The van der Waals surface area contributed by atoms with E-state index in [1.165, 1.54) is 0 Å². The summed E-state index contributed by atoms with van der Waals surface area (Å²) in [5, 5.41) is 10.9. The molecule has 2 N–H and O–H groups in total. The lowest BCUT2D eigenvalue weighted by molar-refractivity contribution is -0.136. The molecule has 27 heavy (non-hydrogen) atoms. The van der Waals surface area contributed by atoms with E-state index < -0.39 is 5.41 Å². The Balaban J connectivity index is 0.00000261. The van der Waals surface area contributed by atoms with Gasteiger partial charge < -0.3 is 19.9 Å². The van der Waals surface area contributed by atoms with Crippen molar-refractivity contribution in [3.05, 3.63) is 35.2 Å². The predicted octanol–water partition coefficient (Wildman–Crippen LogP) is 2.49. The number of piperidine rings is 1. The lowest BCUT2D eigenvalue weighted by atomic mass is 9.78. The minimum atomic E-state index is -0.458. The van der Waals surface area contributed by atoms with Crippen LogP contribution in [0.1, 0.15) is 18.7 Å². The van der Waals surface area contributed by atoms with E-state index >= 15 is 0 Å². The number of halogens is 2. The van der Waals surface area contributed by atoms with Gasteiger partial charge in [0.15, 0.2) is 0 Å². The summed E-state index contributed by atoms with van der Waals surface area (Å²) in [5.74, 6) is 0.991. The molecule has 0 spiro atoms. The molecule has 1 amide bonds. The molecule has 2 heterocycles. The van der Waals surface area contributed by atoms with Gasteiger partial charge in [0.05, 0.1) is 12.0 Å². The van der Waals surface area contributed by atoms with Gasteiger partial charge in [-0.3, -0.25) is 4.79 Å². The SMILES string of the molecule is COCC1(C(=O)NCCc2nc(-c3cccc(Cl)c3)no2)CCNCC1.Cl. The maximum absolute atomic E-state index is 12.7. The highest BCUT2D eigenvalue weighted by molar-refractivity contribution is 6.30. The van der Waals surface area contributed by atoms with Crippen molar-refractivity contribution in [2.45, 2.75) is 19.3 Å². The van der Waals surface area contributed by atoms with Gasteiger partial charge in [-0.05, 0) is 38.1 Å². The van der Waals surface area contributed by atoms with E-state index in [0.29, 0.717) is 36.3 Å². The Morgan fingerprint density at radius 1 is 1.41 bits per heavy atom. The molecule has 2 aromatic rings. The van der Waals surface area contributed by atoms with Crippen LogP contribution < -0.4 is 10.6 Å². The summed E-state index contributed by atoms with van der Waals surface area (Å²) in [6.45, 7) is 2.52. The molecule has 0 unspecified atom stereocenters. The van der Waals surface area contributed by atoms with Crippen molar-refractivity contribution in [3.8, 4) is 11.4 Å². The largest absolute Gasteiger partial charge is 0.384 e. The highest BCUT2D eigenvalue weighted by Gasteiger charge is 2.39. The number of rotatable bonds is 7. The summed E-state index contributed by atoms with van der Waals surface area (Å²) < 4.78 is 10.6. The van der Waals surface area contributed by atoms with Crippen molar-refractivity contribution < 1.29 is 14.1 Å². The van der Waals surface area contributed by atoms with Crippen LogP contribution in [-0.4, -0.2) is 49.4 Å². The molecule has 0 saturated carbocycles. The van der Waals surface area contributed by atoms with Gasteiger partial charge in [-0.25, -0.2) is 0 Å². The first-order chi connectivity index (χ1) is 12.6. The molecule has 1 aromatic heterocycles. The molecule has 0 bridgehead atoms. The van der Waals surface area contributed by atoms with Crippen LogP contribution in [-0.2, 0) is 16.0 Å². The Kier molecular flexibility index (Phi) is 8.04. The van der Waals surface area contributed by atoms with E-state index in [-0.39, 0.29) is 18.3 Å². The van der Waals surface area contributed by atoms with Crippen molar-refractivity contribution in [1.82, 2.24) is 20.8 Å². The molecule has 0 atom stereocenters. The zero-order valence-electron chi connectivity index (χ0n) is 15.2. The fourth-order valence-electron chi connectivity index (χ4n) is 3.19. The van der Waals surface area contributed by atoms with Crippen molar-refractivity contribution in [3.63, 3.8) is 0 Å². The zero-order valence-corrected chi connectivity index (χ0v) is 16.7. The molecular weight excluding hydrogens is 391 g/mol. The normalized spacial score (nSPS) is 15.8. The minimum absolute atomic E-state index is 0. The average molecular weight is 415 g/mol. The van der Waals surface area contributed by atoms with Gasteiger partial charge in [0.25, 0.3) is 0 Å². The minimum Gasteiger partial charge on any atom is -0.384 e. The third kappa shape index (κ3) is 5.42. The first kappa shape index (κ1) is 21.6. The number of benzene rings is 1. The number of amides is 1. The Bertz CT molecular complexity index is 742. The number of carbonyl (C=O) groups excluding carboxylic acids is 1. The standard InChI is InChI=1S/C18H23ClN4O3.ClH/c1-25-12-18(6-9-20-10-7-18)17(24)21-8-5-15-22-16(23-26-15)13-3-2-4-14(19)11-13;/h2-4,11,20H,5-10,12H2,1H3,(H,21,24);1H. The van der Waals surface area contributed by atoms with Crippen LogP contribution in [0.4, 0.5) is 0 Å². The monoisotopic (exact) mass is 414 g/mol. The number of methoxy groups -OCH3 is 1. The summed E-state index contributed by atoms with van der Waals surface area (Å²) in [7, 11) is 1.63. The summed E-state index contributed by atoms with van der Waals surface area (Å²) in [6.07, 6.45) is 2.01. The number of nitrogens with one attached hydrogen (secondary N) is 2. The van der Waals surface area contributed by atoms with Gasteiger partial charge >= 0.3 is 0 Å². The maximum Gasteiger partial charge on any atom is 0.228 e. The van der Waals surface area contributed by atoms with Crippen LogP contribution in [0, 0.1) is 5.41 Å². The second-order valence-electron chi connectivity index (χ2n) is 6.49. The van der Waals surface area contributed by atoms with Crippen molar-refractivity contribution >= 4 is 29.9 Å². The van der Waals surface area contributed by atoms with Gasteiger partial charge in [-0.15, -0.1) is 12.4 Å². The van der Waals surface area contributed by atoms with Crippen LogP contribution in [0.5, 0.6) is 0 Å². The Hall–Kier alpha value is -1.67. The fraction of sp³-hybridized carbons (Fsp3) is 0.500. The van der Waals surface area contributed by atoms with E-state index in [1.54, 1.807) is 19.2 Å². The van der Waals surface area contributed by atoms with Crippen LogP contribution in [0.2, 0.25) is 5.02 Å². The Labute approximate surface area is 169 Å². The van der Waals surface area contributed by atoms with Crippen molar-refractivity contribution in [2.24, 2.45) is 5.41 Å². The number of hydrogen-bond acceptors (Lipinski definition) is 6. The third-order valence-corrected chi connectivity index (χ3v) is 4.87. The Morgan fingerprint density at radius 2 is 2.19 bits per heavy atom. The van der Waals surface area contributed by atoms with Gasteiger partial charge in [-0.1, -0.05) is 28.9 Å². The van der Waals surface area contributed by atoms with Gasteiger partial charge in [0.1, 0.15) is 0 Å². The second kappa shape index (κ2) is 10.0. The second-order valence-corrected chi connectivity index (χ2v) is 6.93. The van der Waals surface area contributed by atoms with Crippen molar-refractivity contribution in [1.29, 1.82) is 0 Å². The summed E-state index contributed by atoms with van der Waals surface area (Å²) in [4.78, 5) is 17.0. The molecule has 148 valence electrons. The smallest absolute Gasteiger partial charge is 0.228 e. The lowest BCUT2D eigenvalue weighted by Gasteiger charge is -2.35. The van der Waals surface area contributed by atoms with Gasteiger partial charge in [-0.2, -0.15) is 4.98 Å². The van der Waals surface area contributed by atoms with E-state index in [2.05, 4.69) is 20.8 Å². The number of carbonyl (C=O) groups is 1. The van der Waals surface area contributed by atoms with Crippen LogP contribution in [0.25, 0.3) is 11.4 Å². The van der Waals surface area contributed by atoms with E-state index in [9.17, 15) is 4.79 Å². The molecule has 1 saturated heterocycles. The highest BCUT2D eigenvalue weighted by atomic mass is 35.5. The zero-order chi connectivity index (χ0) is 18.4. The Morgan fingerprint density at radius 3 is 2.89 bits per heavy atom. The van der Waals surface area contributed by atoms with Crippen molar-refractivity contribution in [2.75, 3.05) is 33.4 Å². The average Bonchev–Trinajstić information content (AvgIpc) is 3.12. The molecule has 9 heteroatoms. The molecule has 0 aliphatic carbocycles. The first-order valence-corrected chi connectivity index (χ1v) is 9.07. The van der Waals surface area contributed by atoms with Gasteiger partial charge in [0, 0.05) is 30.7 Å². The van der Waals surface area contributed by atoms with Crippen LogP contribution >= 0.6 is 24.0 Å². The summed E-state index contributed by atoms with van der Waals surface area (Å²) in [6, 6.07) is 7.28. The number of nitrogens with zero attached hydrogens (tertiary/aromatic N) is 2.